The van der Waals surface area contributed by atoms with Gasteiger partial charge in [-0.05, 0) is 25.3 Å². The van der Waals surface area contributed by atoms with Gasteiger partial charge in [0.05, 0.1) is 12.0 Å². The van der Waals surface area contributed by atoms with Crippen molar-refractivity contribution < 1.29 is 14.6 Å². The van der Waals surface area contributed by atoms with Gasteiger partial charge in [-0.2, -0.15) is 0 Å². The van der Waals surface area contributed by atoms with Crippen molar-refractivity contribution in [1.82, 2.24) is 0 Å². The number of carboxylic acid groups (broad SMARTS) is 1. The third kappa shape index (κ3) is 17.3. The number of carbonyl (C=O) groups is 1. The van der Waals surface area contributed by atoms with Crippen molar-refractivity contribution in [2.45, 2.75) is 130 Å². The monoisotopic (exact) mass is 396 g/mol. The molecule has 1 N–H and O–H groups in total. The van der Waals surface area contributed by atoms with Crippen molar-refractivity contribution in [3.63, 3.8) is 0 Å². The summed E-state index contributed by atoms with van der Waals surface area (Å²) in [7, 11) is 0. The number of unbranched alkanes of at least 4 members (excludes halogenated alkanes) is 14. The minimum atomic E-state index is -0.768. The van der Waals surface area contributed by atoms with Crippen LogP contribution in [0.5, 0.6) is 0 Å². The van der Waals surface area contributed by atoms with Gasteiger partial charge in [0.25, 0.3) is 0 Å². The van der Waals surface area contributed by atoms with Crippen LogP contribution >= 0.6 is 0 Å². The first kappa shape index (κ1) is 27.2. The van der Waals surface area contributed by atoms with E-state index in [-0.39, 0.29) is 12.0 Å². The maximum Gasteiger partial charge on any atom is 0.306 e. The molecule has 0 bridgehead atoms. The number of rotatable bonds is 21. The molecule has 0 amide bonds. The van der Waals surface area contributed by atoms with Gasteiger partial charge < -0.3 is 9.84 Å². The molecule has 0 aromatic heterocycles. The fourth-order valence-corrected chi connectivity index (χ4v) is 3.50. The van der Waals surface area contributed by atoms with E-state index in [1.54, 1.807) is 6.92 Å². The molecule has 2 atom stereocenters. The van der Waals surface area contributed by atoms with Crippen molar-refractivity contribution >= 4 is 5.97 Å². The van der Waals surface area contributed by atoms with Gasteiger partial charge in [0.15, 0.2) is 0 Å². The average Bonchev–Trinajstić information content (AvgIpc) is 2.67. The Bertz CT molecular complexity index is 378. The summed E-state index contributed by atoms with van der Waals surface area (Å²) in [5.74, 6) is -1.15. The van der Waals surface area contributed by atoms with Gasteiger partial charge in [0, 0.05) is 6.61 Å². The smallest absolute Gasteiger partial charge is 0.306 e. The lowest BCUT2D eigenvalue weighted by molar-refractivity contribution is -0.141. The largest absolute Gasteiger partial charge is 0.481 e. The molecule has 0 radical (unpaired) electrons. The van der Waals surface area contributed by atoms with Crippen LogP contribution in [-0.4, -0.2) is 23.8 Å². The number of hydrogen-bond acceptors (Lipinski definition) is 2. The molecule has 3 nitrogen and oxygen atoms in total. The standard InChI is InChI=1S/C25H48O3/c1-5-6-7-8-9-10-11-12-13-14-15-16-17-18-19-20-28-24(4)22(2)21-23(3)25(26)27/h23-24H,2,5-21H2,1,3-4H3,(H,26,27). The Kier molecular flexibility index (Phi) is 18.9. The summed E-state index contributed by atoms with van der Waals surface area (Å²) < 4.78 is 5.81. The predicted octanol–water partition coefficient (Wildman–Crippen LogP) is 7.93. The molecule has 0 aromatic carbocycles. The summed E-state index contributed by atoms with van der Waals surface area (Å²) in [6, 6.07) is 0. The van der Waals surface area contributed by atoms with Crippen molar-refractivity contribution in [2.75, 3.05) is 6.61 Å². The summed E-state index contributed by atoms with van der Waals surface area (Å²) in [4.78, 5) is 10.9. The molecule has 3 heteroatoms. The van der Waals surface area contributed by atoms with E-state index in [0.29, 0.717) is 6.42 Å². The Morgan fingerprint density at radius 1 is 0.786 bits per heavy atom. The van der Waals surface area contributed by atoms with Gasteiger partial charge in [-0.15, -0.1) is 0 Å². The minimum absolute atomic E-state index is 0.0477. The lowest BCUT2D eigenvalue weighted by Crippen LogP contribution is -2.17. The van der Waals surface area contributed by atoms with Crippen molar-refractivity contribution in [2.24, 2.45) is 5.92 Å². The predicted molar refractivity (Wildman–Crippen MR) is 121 cm³/mol. The maximum absolute atomic E-state index is 10.9. The molecule has 0 saturated carbocycles. The van der Waals surface area contributed by atoms with Crippen molar-refractivity contribution in [3.05, 3.63) is 12.2 Å². The van der Waals surface area contributed by atoms with Crippen LogP contribution in [0.4, 0.5) is 0 Å². The van der Waals surface area contributed by atoms with Crippen LogP contribution in [0.2, 0.25) is 0 Å². The summed E-state index contributed by atoms with van der Waals surface area (Å²) >= 11 is 0. The van der Waals surface area contributed by atoms with E-state index in [0.717, 1.165) is 18.6 Å². The molecule has 0 aliphatic heterocycles. The zero-order valence-electron chi connectivity index (χ0n) is 19.1. The molecule has 166 valence electrons. The highest BCUT2D eigenvalue weighted by molar-refractivity contribution is 5.69. The van der Waals surface area contributed by atoms with Gasteiger partial charge in [-0.25, -0.2) is 0 Å². The first-order chi connectivity index (χ1) is 13.5. The molecule has 0 rings (SSSR count). The number of aliphatic carboxylic acids is 1. The van der Waals surface area contributed by atoms with Crippen LogP contribution in [-0.2, 0) is 9.53 Å². The van der Waals surface area contributed by atoms with Crippen LogP contribution in [0.25, 0.3) is 0 Å². The van der Waals surface area contributed by atoms with E-state index in [9.17, 15) is 4.79 Å². The average molecular weight is 397 g/mol. The summed E-state index contributed by atoms with van der Waals surface area (Å²) in [5, 5.41) is 8.96. The summed E-state index contributed by atoms with van der Waals surface area (Å²) in [6.07, 6.45) is 20.9. The van der Waals surface area contributed by atoms with Gasteiger partial charge in [-0.1, -0.05) is 110 Å². The van der Waals surface area contributed by atoms with Gasteiger partial charge in [-0.3, -0.25) is 4.79 Å². The number of carboxylic acids is 1. The molecule has 0 aliphatic carbocycles. The Labute approximate surface area is 175 Å². The molecule has 28 heavy (non-hydrogen) atoms. The normalized spacial score (nSPS) is 13.4. The fraction of sp³-hybridized carbons (Fsp3) is 0.880. The third-order valence-electron chi connectivity index (χ3n) is 5.68. The van der Waals surface area contributed by atoms with E-state index in [1.165, 1.54) is 89.9 Å². The van der Waals surface area contributed by atoms with Crippen molar-refractivity contribution in [3.8, 4) is 0 Å². The molecule has 0 spiro atoms. The molecule has 2 unspecified atom stereocenters. The van der Waals surface area contributed by atoms with E-state index < -0.39 is 5.97 Å². The minimum Gasteiger partial charge on any atom is -0.481 e. The highest BCUT2D eigenvalue weighted by Crippen LogP contribution is 2.17. The SMILES string of the molecule is C=C(CC(C)C(=O)O)C(C)OCCCCCCCCCCCCCCCCC. The molecule has 0 saturated heterocycles. The second kappa shape index (κ2) is 19.5. The van der Waals surface area contributed by atoms with E-state index in [2.05, 4.69) is 13.5 Å². The Morgan fingerprint density at radius 3 is 1.57 bits per heavy atom. The lowest BCUT2D eigenvalue weighted by atomic mass is 9.99. The second-order valence-corrected chi connectivity index (χ2v) is 8.56. The Balaban J connectivity index is 3.31. The van der Waals surface area contributed by atoms with Crippen LogP contribution in [0.15, 0.2) is 12.2 Å². The zero-order chi connectivity index (χ0) is 21.0. The van der Waals surface area contributed by atoms with Crippen LogP contribution in [0, 0.1) is 5.92 Å². The van der Waals surface area contributed by atoms with Crippen LogP contribution < -0.4 is 0 Å². The van der Waals surface area contributed by atoms with E-state index >= 15 is 0 Å². The first-order valence-electron chi connectivity index (χ1n) is 12.0. The van der Waals surface area contributed by atoms with E-state index in [1.807, 2.05) is 6.92 Å². The van der Waals surface area contributed by atoms with Crippen LogP contribution in [0.3, 0.4) is 0 Å². The maximum atomic E-state index is 10.9. The van der Waals surface area contributed by atoms with Crippen LogP contribution in [0.1, 0.15) is 124 Å². The number of ether oxygens (including phenoxy) is 1. The lowest BCUT2D eigenvalue weighted by Gasteiger charge is -2.17. The van der Waals surface area contributed by atoms with Gasteiger partial charge >= 0.3 is 5.97 Å². The summed E-state index contributed by atoms with van der Waals surface area (Å²) in [6.45, 7) is 10.7. The highest BCUT2D eigenvalue weighted by atomic mass is 16.5. The number of hydrogen-bond donors (Lipinski definition) is 1. The van der Waals surface area contributed by atoms with Gasteiger partial charge in [0.1, 0.15) is 0 Å². The zero-order valence-corrected chi connectivity index (χ0v) is 19.1. The molecule has 0 heterocycles. The van der Waals surface area contributed by atoms with Gasteiger partial charge in [0.2, 0.25) is 0 Å². The molecule has 0 fully saturated rings. The summed E-state index contributed by atoms with van der Waals surface area (Å²) in [5.41, 5.74) is 0.885. The Hall–Kier alpha value is -0.830. The molecule has 0 aromatic rings. The molecular weight excluding hydrogens is 348 g/mol. The first-order valence-corrected chi connectivity index (χ1v) is 12.0. The topological polar surface area (TPSA) is 46.5 Å². The molecular formula is C25H48O3. The third-order valence-corrected chi connectivity index (χ3v) is 5.68. The molecule has 0 aliphatic rings. The Morgan fingerprint density at radius 2 is 1.18 bits per heavy atom. The second-order valence-electron chi connectivity index (χ2n) is 8.56. The highest BCUT2D eigenvalue weighted by Gasteiger charge is 2.16. The van der Waals surface area contributed by atoms with E-state index in [4.69, 9.17) is 9.84 Å². The quantitative estimate of drug-likeness (QED) is 0.158. The fourth-order valence-electron chi connectivity index (χ4n) is 3.50. The van der Waals surface area contributed by atoms with Crippen molar-refractivity contribution in [1.29, 1.82) is 0 Å².